The number of quaternary nitrogens is 1. The Morgan fingerprint density at radius 2 is 2.00 bits per heavy atom. The Labute approximate surface area is 57.2 Å². The van der Waals surface area contributed by atoms with E-state index in [1.807, 2.05) is 7.05 Å². The molecule has 1 atom stereocenters. The molecule has 52 valence electrons. The Morgan fingerprint density at radius 1 is 1.50 bits per heavy atom. The Morgan fingerprint density at radius 3 is 2.12 bits per heavy atom. The first-order valence-corrected chi connectivity index (χ1v) is 2.67. The molecule has 0 bridgehead atoms. The molecule has 1 N–H and O–H groups in total. The van der Waals surface area contributed by atoms with Crippen LogP contribution in [0.15, 0.2) is 0 Å². The van der Waals surface area contributed by atoms with Crippen LogP contribution in [-0.4, -0.2) is 20.7 Å². The van der Waals surface area contributed by atoms with E-state index in [4.69, 9.17) is 4.84 Å². The molecule has 0 aromatic heterocycles. The first-order chi connectivity index (χ1) is 3.31. The van der Waals surface area contributed by atoms with E-state index >= 15 is 0 Å². The highest BCUT2D eigenvalue weighted by Crippen LogP contribution is 1.60. The van der Waals surface area contributed by atoms with Crippen molar-refractivity contribution in [2.45, 2.75) is 13.3 Å². The van der Waals surface area contributed by atoms with E-state index in [9.17, 15) is 0 Å². The normalized spacial score (nSPS) is 12.4. The maximum Gasteiger partial charge on any atom is 0.107 e. The molecule has 0 aromatic carbocycles. The largest absolute Gasteiger partial charge is 1.00 e. The average Bonchev–Trinajstić information content (AvgIpc) is 1.68. The van der Waals surface area contributed by atoms with Crippen LogP contribution in [-0.2, 0) is 4.84 Å². The molecule has 0 spiro atoms. The Balaban J connectivity index is 0. The third-order valence-electron chi connectivity index (χ3n) is 0.951. The molecule has 0 radical (unpaired) electrons. The molecule has 2 nitrogen and oxygen atoms in total. The summed E-state index contributed by atoms with van der Waals surface area (Å²) >= 11 is 0. The maximum absolute atomic E-state index is 4.91. The number of hydrogen-bond acceptors (Lipinski definition) is 1. The zero-order valence-corrected chi connectivity index (χ0v) is 6.46. The van der Waals surface area contributed by atoms with Gasteiger partial charge in [-0.1, -0.05) is 6.92 Å². The van der Waals surface area contributed by atoms with Gasteiger partial charge in [-0.15, -0.1) is 0 Å². The van der Waals surface area contributed by atoms with Crippen molar-refractivity contribution in [3.05, 3.63) is 0 Å². The molecular weight excluding hydrogens is 126 g/mol. The molecule has 1 unspecified atom stereocenters. The summed E-state index contributed by atoms with van der Waals surface area (Å²) in [5.41, 5.74) is 0. The third-order valence-corrected chi connectivity index (χ3v) is 0.951. The van der Waals surface area contributed by atoms with E-state index in [-0.39, 0.29) is 12.4 Å². The summed E-state index contributed by atoms with van der Waals surface area (Å²) in [4.78, 5) is 4.91. The van der Waals surface area contributed by atoms with Crippen molar-refractivity contribution in [1.29, 1.82) is 0 Å². The quantitative estimate of drug-likeness (QED) is 0.401. The van der Waals surface area contributed by atoms with E-state index in [0.29, 0.717) is 0 Å². The lowest BCUT2D eigenvalue weighted by atomic mass is 10.5. The van der Waals surface area contributed by atoms with Crippen LogP contribution >= 0.6 is 0 Å². The second kappa shape index (κ2) is 7.21. The summed E-state index contributed by atoms with van der Waals surface area (Å²) in [7, 11) is 3.72. The molecule has 3 heteroatoms. The number of hydrogen-bond donors (Lipinski definition) is 1. The fraction of sp³-hybridized carbons (Fsp3) is 1.00. The minimum absolute atomic E-state index is 0. The minimum Gasteiger partial charge on any atom is -1.00 e. The first kappa shape index (κ1) is 11.1. The molecular formula is C5H14ClNO. The van der Waals surface area contributed by atoms with Crippen molar-refractivity contribution < 1.29 is 22.3 Å². The van der Waals surface area contributed by atoms with Gasteiger partial charge < -0.3 is 12.4 Å². The number of nitrogens with one attached hydrogen (secondary N) is 1. The summed E-state index contributed by atoms with van der Waals surface area (Å²) in [5.74, 6) is 0. The van der Waals surface area contributed by atoms with Gasteiger partial charge in [-0.25, -0.2) is 4.84 Å². The third kappa shape index (κ3) is 6.21. The highest BCUT2D eigenvalue weighted by atomic mass is 35.5. The van der Waals surface area contributed by atoms with Gasteiger partial charge in [0, 0.05) is 0 Å². The van der Waals surface area contributed by atoms with Gasteiger partial charge >= 0.3 is 0 Å². The van der Waals surface area contributed by atoms with E-state index in [0.717, 1.165) is 11.6 Å². The highest BCUT2D eigenvalue weighted by Gasteiger charge is 1.91. The zero-order valence-electron chi connectivity index (χ0n) is 5.70. The molecule has 0 aliphatic heterocycles. The second-order valence-electron chi connectivity index (χ2n) is 1.66. The fourth-order valence-electron chi connectivity index (χ4n) is 0.454. The van der Waals surface area contributed by atoms with Gasteiger partial charge in [0.15, 0.2) is 0 Å². The molecule has 0 rings (SSSR count). The van der Waals surface area contributed by atoms with Gasteiger partial charge in [0.05, 0.1) is 14.2 Å². The van der Waals surface area contributed by atoms with Gasteiger partial charge in [0.25, 0.3) is 0 Å². The second-order valence-corrected chi connectivity index (χ2v) is 1.66. The Kier molecular flexibility index (Phi) is 9.97. The lowest BCUT2D eigenvalue weighted by molar-refractivity contribution is -1.07. The van der Waals surface area contributed by atoms with Gasteiger partial charge in [-0.2, -0.15) is 5.06 Å². The van der Waals surface area contributed by atoms with Crippen LogP contribution in [0, 0.1) is 0 Å². The van der Waals surface area contributed by atoms with E-state index in [1.54, 1.807) is 7.11 Å². The molecule has 0 fully saturated rings. The van der Waals surface area contributed by atoms with Crippen LogP contribution in [0.3, 0.4) is 0 Å². The highest BCUT2D eigenvalue weighted by molar-refractivity contribution is 4.11. The van der Waals surface area contributed by atoms with E-state index < -0.39 is 0 Å². The molecule has 0 saturated heterocycles. The molecule has 0 saturated carbocycles. The molecule has 8 heavy (non-hydrogen) atoms. The first-order valence-electron chi connectivity index (χ1n) is 2.67. The lowest BCUT2D eigenvalue weighted by Gasteiger charge is -2.05. The number of halogens is 1. The molecule has 0 heterocycles. The van der Waals surface area contributed by atoms with Crippen molar-refractivity contribution in [2.24, 2.45) is 0 Å². The van der Waals surface area contributed by atoms with Crippen LogP contribution in [0.5, 0.6) is 0 Å². The van der Waals surface area contributed by atoms with Crippen LogP contribution < -0.4 is 17.5 Å². The monoisotopic (exact) mass is 139 g/mol. The predicted octanol–water partition coefficient (Wildman–Crippen LogP) is -3.52. The smallest absolute Gasteiger partial charge is 0.107 e. The van der Waals surface area contributed by atoms with Crippen LogP contribution in [0.2, 0.25) is 0 Å². The fourth-order valence-corrected chi connectivity index (χ4v) is 0.454. The SMILES string of the molecule is CCC[NH+](C)OC.[Cl-]. The van der Waals surface area contributed by atoms with Gasteiger partial charge in [0.2, 0.25) is 0 Å². The minimum atomic E-state index is 0. The van der Waals surface area contributed by atoms with Crippen molar-refractivity contribution in [2.75, 3.05) is 20.7 Å². The van der Waals surface area contributed by atoms with E-state index in [1.165, 1.54) is 6.42 Å². The van der Waals surface area contributed by atoms with Crippen LogP contribution in [0.1, 0.15) is 13.3 Å². The van der Waals surface area contributed by atoms with Crippen LogP contribution in [0.25, 0.3) is 0 Å². The summed E-state index contributed by atoms with van der Waals surface area (Å²) < 4.78 is 0. The van der Waals surface area contributed by atoms with Gasteiger partial charge in [0.1, 0.15) is 6.54 Å². The molecule has 0 aromatic rings. The van der Waals surface area contributed by atoms with Gasteiger partial charge in [-0.3, -0.25) is 0 Å². The number of rotatable bonds is 3. The number of hydroxylamine groups is 2. The summed E-state index contributed by atoms with van der Waals surface area (Å²) in [6, 6.07) is 0. The van der Waals surface area contributed by atoms with Crippen molar-refractivity contribution >= 4 is 0 Å². The molecule has 0 aliphatic rings. The predicted molar refractivity (Wildman–Crippen MR) is 29.1 cm³/mol. The van der Waals surface area contributed by atoms with Crippen LogP contribution in [0.4, 0.5) is 0 Å². The van der Waals surface area contributed by atoms with E-state index in [2.05, 4.69) is 6.92 Å². The topological polar surface area (TPSA) is 13.7 Å². The summed E-state index contributed by atoms with van der Waals surface area (Å²) in [5, 5.41) is 1.13. The zero-order chi connectivity index (χ0) is 5.70. The molecule has 0 amide bonds. The van der Waals surface area contributed by atoms with Crippen molar-refractivity contribution in [1.82, 2.24) is 0 Å². The Bertz CT molecular complexity index is 43.4. The average molecular weight is 140 g/mol. The lowest BCUT2D eigenvalue weighted by Crippen LogP contribution is -3.07. The van der Waals surface area contributed by atoms with Crippen molar-refractivity contribution in [3.8, 4) is 0 Å². The Hall–Kier alpha value is 0.210. The summed E-state index contributed by atoms with van der Waals surface area (Å²) in [6.45, 7) is 3.24. The summed E-state index contributed by atoms with van der Waals surface area (Å²) in [6.07, 6.45) is 1.18. The standard InChI is InChI=1S/C5H13NO.ClH/c1-4-5-6(2)7-3;/h4-5H2,1-3H3;1H. The maximum atomic E-state index is 4.91. The van der Waals surface area contributed by atoms with Gasteiger partial charge in [-0.05, 0) is 6.42 Å². The molecule has 0 aliphatic carbocycles. The van der Waals surface area contributed by atoms with Crippen molar-refractivity contribution in [3.63, 3.8) is 0 Å².